The number of benzene rings is 2. The Morgan fingerprint density at radius 3 is 2.36 bits per heavy atom. The maximum atomic E-state index is 12.0. The van der Waals surface area contributed by atoms with Crippen molar-refractivity contribution in [2.75, 3.05) is 14.2 Å². The summed E-state index contributed by atoms with van der Waals surface area (Å²) in [7, 11) is 3.25. The molecule has 4 nitrogen and oxygen atoms in total. The van der Waals surface area contributed by atoms with Crippen molar-refractivity contribution in [3.05, 3.63) is 59.2 Å². The molecule has 22 heavy (non-hydrogen) atoms. The van der Waals surface area contributed by atoms with Crippen LogP contribution in [0.3, 0.4) is 0 Å². The second kappa shape index (κ2) is 7.50. The number of rotatable bonds is 6. The number of hydrogen-bond acceptors (Lipinski definition) is 3. The van der Waals surface area contributed by atoms with Crippen LogP contribution < -0.4 is 14.8 Å². The van der Waals surface area contributed by atoms with Crippen LogP contribution in [0.5, 0.6) is 11.5 Å². The van der Waals surface area contributed by atoms with E-state index >= 15 is 0 Å². The first-order valence-corrected chi connectivity index (χ1v) is 7.16. The smallest absolute Gasteiger partial charge is 0.224 e. The van der Waals surface area contributed by atoms with Crippen molar-refractivity contribution < 1.29 is 14.3 Å². The fourth-order valence-corrected chi connectivity index (χ4v) is 2.29. The average molecular weight is 299 g/mol. The number of amides is 1. The van der Waals surface area contributed by atoms with Crippen LogP contribution >= 0.6 is 0 Å². The first kappa shape index (κ1) is 15.9. The molecule has 0 fully saturated rings. The Labute approximate surface area is 131 Å². The minimum Gasteiger partial charge on any atom is -0.496 e. The number of methoxy groups -OCH3 is 2. The lowest BCUT2D eigenvalue weighted by molar-refractivity contribution is -0.120. The molecule has 0 aliphatic heterocycles. The van der Waals surface area contributed by atoms with Gasteiger partial charge in [0.25, 0.3) is 0 Å². The highest BCUT2D eigenvalue weighted by molar-refractivity contribution is 5.78. The van der Waals surface area contributed by atoms with Gasteiger partial charge >= 0.3 is 0 Å². The Morgan fingerprint density at radius 1 is 1.05 bits per heavy atom. The van der Waals surface area contributed by atoms with Crippen LogP contribution in [0.2, 0.25) is 0 Å². The van der Waals surface area contributed by atoms with E-state index in [-0.39, 0.29) is 5.91 Å². The predicted molar refractivity (Wildman–Crippen MR) is 86.3 cm³/mol. The van der Waals surface area contributed by atoms with Crippen LogP contribution in [-0.4, -0.2) is 20.1 Å². The van der Waals surface area contributed by atoms with Crippen LogP contribution in [0.1, 0.15) is 16.7 Å². The van der Waals surface area contributed by atoms with Gasteiger partial charge in [0.1, 0.15) is 11.5 Å². The Bertz CT molecular complexity index is 638. The third-order valence-electron chi connectivity index (χ3n) is 3.48. The second-order valence-electron chi connectivity index (χ2n) is 5.07. The van der Waals surface area contributed by atoms with E-state index in [1.54, 1.807) is 14.2 Å². The van der Waals surface area contributed by atoms with Crippen molar-refractivity contribution in [2.24, 2.45) is 0 Å². The van der Waals surface area contributed by atoms with Gasteiger partial charge < -0.3 is 14.8 Å². The number of carbonyl (C=O) groups excluding carboxylic acids is 1. The maximum absolute atomic E-state index is 12.0. The summed E-state index contributed by atoms with van der Waals surface area (Å²) >= 11 is 0. The molecule has 0 radical (unpaired) electrons. The number of aryl methyl sites for hydroxylation is 1. The molecule has 0 aliphatic rings. The van der Waals surface area contributed by atoms with Gasteiger partial charge in [-0.05, 0) is 30.2 Å². The van der Waals surface area contributed by atoms with Crippen LogP contribution in [0.25, 0.3) is 0 Å². The molecule has 0 aromatic heterocycles. The molecule has 2 aromatic carbocycles. The summed E-state index contributed by atoms with van der Waals surface area (Å²) in [5.41, 5.74) is 2.89. The molecular weight excluding hydrogens is 278 g/mol. The molecule has 0 saturated heterocycles. The van der Waals surface area contributed by atoms with Crippen molar-refractivity contribution in [1.29, 1.82) is 0 Å². The molecule has 0 heterocycles. The fourth-order valence-electron chi connectivity index (χ4n) is 2.29. The molecule has 0 aliphatic carbocycles. The van der Waals surface area contributed by atoms with Gasteiger partial charge in [0, 0.05) is 12.1 Å². The molecule has 1 N–H and O–H groups in total. The quantitative estimate of drug-likeness (QED) is 0.892. The minimum absolute atomic E-state index is 0.0206. The SMILES string of the molecule is COc1cc(CNC(=O)Cc2ccccc2)c(OC)cc1C. The summed E-state index contributed by atoms with van der Waals surface area (Å²) in [4.78, 5) is 12.0. The van der Waals surface area contributed by atoms with E-state index in [0.29, 0.717) is 13.0 Å². The molecule has 2 aromatic rings. The molecule has 0 spiro atoms. The summed E-state index contributed by atoms with van der Waals surface area (Å²) in [5.74, 6) is 1.51. The van der Waals surface area contributed by atoms with E-state index in [2.05, 4.69) is 5.32 Å². The lowest BCUT2D eigenvalue weighted by atomic mass is 10.1. The van der Waals surface area contributed by atoms with Gasteiger partial charge in [-0.1, -0.05) is 30.3 Å². The zero-order valence-corrected chi connectivity index (χ0v) is 13.2. The Hall–Kier alpha value is -2.49. The minimum atomic E-state index is -0.0206. The molecule has 0 bridgehead atoms. The van der Waals surface area contributed by atoms with Crippen LogP contribution in [0.4, 0.5) is 0 Å². The zero-order chi connectivity index (χ0) is 15.9. The van der Waals surface area contributed by atoms with Crippen molar-refractivity contribution in [2.45, 2.75) is 19.9 Å². The van der Waals surface area contributed by atoms with E-state index < -0.39 is 0 Å². The summed E-state index contributed by atoms with van der Waals surface area (Å²) < 4.78 is 10.7. The third-order valence-corrected chi connectivity index (χ3v) is 3.48. The van der Waals surface area contributed by atoms with Crippen LogP contribution in [0.15, 0.2) is 42.5 Å². The van der Waals surface area contributed by atoms with E-state index in [0.717, 1.165) is 28.2 Å². The number of ether oxygens (including phenoxy) is 2. The Kier molecular flexibility index (Phi) is 5.42. The van der Waals surface area contributed by atoms with E-state index in [1.165, 1.54) is 0 Å². The molecule has 0 saturated carbocycles. The lowest BCUT2D eigenvalue weighted by Crippen LogP contribution is -2.24. The molecule has 0 unspecified atom stereocenters. The third kappa shape index (κ3) is 4.01. The van der Waals surface area contributed by atoms with Crippen molar-refractivity contribution >= 4 is 5.91 Å². The van der Waals surface area contributed by atoms with Gasteiger partial charge in [0.05, 0.1) is 20.6 Å². The van der Waals surface area contributed by atoms with Gasteiger partial charge in [0.2, 0.25) is 5.91 Å². The number of hydrogen-bond donors (Lipinski definition) is 1. The Balaban J connectivity index is 2.03. The largest absolute Gasteiger partial charge is 0.496 e. The second-order valence-corrected chi connectivity index (χ2v) is 5.07. The number of carbonyl (C=O) groups is 1. The van der Waals surface area contributed by atoms with E-state index in [9.17, 15) is 4.79 Å². The lowest BCUT2D eigenvalue weighted by Gasteiger charge is -2.13. The summed E-state index contributed by atoms with van der Waals surface area (Å²) in [5, 5.41) is 2.92. The topological polar surface area (TPSA) is 47.6 Å². The van der Waals surface area contributed by atoms with Crippen molar-refractivity contribution in [3.8, 4) is 11.5 Å². The van der Waals surface area contributed by atoms with Crippen molar-refractivity contribution in [3.63, 3.8) is 0 Å². The van der Waals surface area contributed by atoms with E-state index in [4.69, 9.17) is 9.47 Å². The summed E-state index contributed by atoms with van der Waals surface area (Å²) in [6.45, 7) is 2.37. The van der Waals surface area contributed by atoms with Crippen LogP contribution in [0, 0.1) is 6.92 Å². The molecule has 2 rings (SSSR count). The van der Waals surface area contributed by atoms with Crippen molar-refractivity contribution in [1.82, 2.24) is 5.32 Å². The molecule has 1 amide bonds. The summed E-state index contributed by atoms with van der Waals surface area (Å²) in [6.07, 6.45) is 0.367. The number of nitrogens with one attached hydrogen (secondary N) is 1. The van der Waals surface area contributed by atoms with Gasteiger partial charge in [-0.15, -0.1) is 0 Å². The highest BCUT2D eigenvalue weighted by Gasteiger charge is 2.10. The highest BCUT2D eigenvalue weighted by atomic mass is 16.5. The summed E-state index contributed by atoms with van der Waals surface area (Å²) in [6, 6.07) is 13.5. The molecule has 0 atom stereocenters. The maximum Gasteiger partial charge on any atom is 0.224 e. The van der Waals surface area contributed by atoms with Gasteiger partial charge in [-0.2, -0.15) is 0 Å². The normalized spacial score (nSPS) is 10.1. The standard InChI is InChI=1S/C18H21NO3/c1-13-9-17(22-3)15(11-16(13)21-2)12-19-18(20)10-14-7-5-4-6-8-14/h4-9,11H,10,12H2,1-3H3,(H,19,20). The van der Waals surface area contributed by atoms with Gasteiger partial charge in [0.15, 0.2) is 0 Å². The molecule has 4 heteroatoms. The fraction of sp³-hybridized carbons (Fsp3) is 0.278. The monoisotopic (exact) mass is 299 g/mol. The average Bonchev–Trinajstić information content (AvgIpc) is 2.54. The molecule has 116 valence electrons. The first-order chi connectivity index (χ1) is 10.6. The zero-order valence-electron chi connectivity index (χ0n) is 13.2. The highest BCUT2D eigenvalue weighted by Crippen LogP contribution is 2.28. The van der Waals surface area contributed by atoms with E-state index in [1.807, 2.05) is 49.4 Å². The van der Waals surface area contributed by atoms with Gasteiger partial charge in [-0.25, -0.2) is 0 Å². The molecular formula is C18H21NO3. The van der Waals surface area contributed by atoms with Gasteiger partial charge in [-0.3, -0.25) is 4.79 Å². The predicted octanol–water partition coefficient (Wildman–Crippen LogP) is 2.87. The Morgan fingerprint density at radius 2 is 1.73 bits per heavy atom. The van der Waals surface area contributed by atoms with Crippen LogP contribution in [-0.2, 0) is 17.8 Å². The first-order valence-electron chi connectivity index (χ1n) is 7.16.